The lowest BCUT2D eigenvalue weighted by Crippen LogP contribution is -2.52. The normalized spacial score (nSPS) is 14.2. The van der Waals surface area contributed by atoms with E-state index in [-0.39, 0.29) is 12.0 Å². The first-order valence-corrected chi connectivity index (χ1v) is 7.11. The molecule has 0 bridgehead atoms. The van der Waals surface area contributed by atoms with Crippen LogP contribution in [0.4, 0.5) is 4.79 Å². The van der Waals surface area contributed by atoms with Crippen LogP contribution < -0.4 is 5.73 Å². The number of unbranched alkanes of at least 4 members (excludes halogenated alkanes) is 2. The highest BCUT2D eigenvalue weighted by atomic mass is 16.4. The zero-order valence-corrected chi connectivity index (χ0v) is 12.6. The van der Waals surface area contributed by atoms with E-state index < -0.39 is 18.0 Å². The van der Waals surface area contributed by atoms with Gasteiger partial charge in [-0.3, -0.25) is 0 Å². The molecule has 0 aliphatic heterocycles. The minimum Gasteiger partial charge on any atom is -0.480 e. The van der Waals surface area contributed by atoms with Gasteiger partial charge in [0.1, 0.15) is 6.04 Å². The third kappa shape index (κ3) is 6.45. The number of nitrogens with two attached hydrogens (primary N) is 1. The van der Waals surface area contributed by atoms with Crippen LogP contribution in [0.5, 0.6) is 0 Å². The number of rotatable bonds is 9. The first-order valence-electron chi connectivity index (χ1n) is 7.11. The van der Waals surface area contributed by atoms with Crippen molar-refractivity contribution in [3.8, 4) is 0 Å². The molecule has 0 spiro atoms. The summed E-state index contributed by atoms with van der Waals surface area (Å²) in [7, 11) is 0. The lowest BCUT2D eigenvalue weighted by Gasteiger charge is -2.33. The van der Waals surface area contributed by atoms with Crippen LogP contribution >= 0.6 is 0 Å². The predicted octanol–water partition coefficient (Wildman–Crippen LogP) is 2.84. The van der Waals surface area contributed by atoms with Gasteiger partial charge in [-0.1, -0.05) is 40.0 Å². The number of aliphatic carboxylic acids is 1. The summed E-state index contributed by atoms with van der Waals surface area (Å²) in [5.74, 6) is -0.777. The van der Waals surface area contributed by atoms with Gasteiger partial charge in [-0.25, -0.2) is 9.59 Å². The van der Waals surface area contributed by atoms with E-state index >= 15 is 0 Å². The van der Waals surface area contributed by atoms with Gasteiger partial charge in [0.15, 0.2) is 0 Å². The second-order valence-electron chi connectivity index (χ2n) is 5.57. The highest BCUT2D eigenvalue weighted by Gasteiger charge is 2.32. The van der Waals surface area contributed by atoms with Gasteiger partial charge < -0.3 is 15.7 Å². The molecule has 0 aliphatic rings. The third-order valence-electron chi connectivity index (χ3n) is 3.27. The van der Waals surface area contributed by atoms with Crippen molar-refractivity contribution >= 4 is 12.0 Å². The molecule has 0 aromatic heterocycles. The largest absolute Gasteiger partial charge is 0.480 e. The van der Waals surface area contributed by atoms with Crippen molar-refractivity contribution in [2.24, 2.45) is 11.7 Å². The molecule has 0 radical (unpaired) electrons. The Morgan fingerprint density at radius 3 is 2.16 bits per heavy atom. The molecule has 0 heterocycles. The van der Waals surface area contributed by atoms with E-state index in [4.69, 9.17) is 5.73 Å². The Labute approximate surface area is 116 Å². The van der Waals surface area contributed by atoms with Gasteiger partial charge >= 0.3 is 12.0 Å². The van der Waals surface area contributed by atoms with Gasteiger partial charge in [0.25, 0.3) is 0 Å². The number of carboxylic acids is 1. The SMILES string of the molecule is CCCCCC(C)N(C(N)=O)C(CC(C)C)C(=O)O. The number of hydrogen-bond donors (Lipinski definition) is 2. The first kappa shape index (κ1) is 17.7. The minimum absolute atomic E-state index is 0.135. The fourth-order valence-corrected chi connectivity index (χ4v) is 2.29. The highest BCUT2D eigenvalue weighted by molar-refractivity contribution is 5.82. The molecule has 5 heteroatoms. The average Bonchev–Trinajstić information content (AvgIpc) is 2.27. The summed E-state index contributed by atoms with van der Waals surface area (Å²) in [6, 6.07) is -1.60. The maximum Gasteiger partial charge on any atom is 0.326 e. The summed E-state index contributed by atoms with van der Waals surface area (Å²) in [6.07, 6.45) is 4.38. The summed E-state index contributed by atoms with van der Waals surface area (Å²) < 4.78 is 0. The van der Waals surface area contributed by atoms with E-state index in [0.717, 1.165) is 25.7 Å². The number of nitrogens with zero attached hydrogens (tertiary/aromatic N) is 1. The van der Waals surface area contributed by atoms with Crippen molar-refractivity contribution in [1.82, 2.24) is 4.90 Å². The van der Waals surface area contributed by atoms with Crippen molar-refractivity contribution < 1.29 is 14.7 Å². The number of carbonyl (C=O) groups is 2. The van der Waals surface area contributed by atoms with E-state index in [1.54, 1.807) is 0 Å². The molecule has 0 aliphatic carbocycles. The van der Waals surface area contributed by atoms with Gasteiger partial charge in [-0.2, -0.15) is 0 Å². The number of carboxylic acid groups (broad SMARTS) is 1. The molecule has 19 heavy (non-hydrogen) atoms. The van der Waals surface area contributed by atoms with Gasteiger partial charge in [-0.05, 0) is 25.7 Å². The molecule has 0 aromatic rings. The summed E-state index contributed by atoms with van der Waals surface area (Å²) in [5.41, 5.74) is 5.38. The minimum atomic E-state index is -0.977. The molecule has 2 atom stereocenters. The quantitative estimate of drug-likeness (QED) is 0.633. The van der Waals surface area contributed by atoms with Crippen molar-refractivity contribution in [2.45, 2.75) is 71.9 Å². The zero-order chi connectivity index (χ0) is 15.0. The molecule has 112 valence electrons. The molecule has 0 saturated heterocycles. The molecule has 0 rings (SSSR count). The fourth-order valence-electron chi connectivity index (χ4n) is 2.29. The van der Waals surface area contributed by atoms with Gasteiger partial charge in [0, 0.05) is 6.04 Å². The average molecular weight is 272 g/mol. The Hall–Kier alpha value is -1.26. The van der Waals surface area contributed by atoms with Crippen LogP contribution in [0, 0.1) is 5.92 Å². The van der Waals surface area contributed by atoms with Crippen molar-refractivity contribution in [2.75, 3.05) is 0 Å². The highest BCUT2D eigenvalue weighted by Crippen LogP contribution is 2.18. The van der Waals surface area contributed by atoms with E-state index in [1.807, 2.05) is 20.8 Å². The summed E-state index contributed by atoms with van der Waals surface area (Å²) >= 11 is 0. The number of carbonyl (C=O) groups excluding carboxylic acids is 1. The molecule has 2 unspecified atom stereocenters. The van der Waals surface area contributed by atoms with Gasteiger partial charge in [-0.15, -0.1) is 0 Å². The number of hydrogen-bond acceptors (Lipinski definition) is 2. The van der Waals surface area contributed by atoms with Crippen LogP contribution in [0.3, 0.4) is 0 Å². The van der Waals surface area contributed by atoms with Gasteiger partial charge in [0.2, 0.25) is 0 Å². The Bertz CT molecular complexity index is 292. The van der Waals surface area contributed by atoms with Crippen LogP contribution in [0.1, 0.15) is 59.8 Å². The second-order valence-corrected chi connectivity index (χ2v) is 5.57. The molecular formula is C14H28N2O3. The molecule has 0 saturated carbocycles. The van der Waals surface area contributed by atoms with Crippen LogP contribution in [0.15, 0.2) is 0 Å². The zero-order valence-electron chi connectivity index (χ0n) is 12.6. The standard InChI is InChI=1S/C14H28N2O3/c1-5-6-7-8-11(4)16(14(15)19)12(13(17)18)9-10(2)3/h10-12H,5-9H2,1-4H3,(H2,15,19)(H,17,18). The molecule has 5 nitrogen and oxygen atoms in total. The maximum atomic E-state index is 11.6. The number of amides is 2. The Kier molecular flexibility index (Phi) is 8.19. The lowest BCUT2D eigenvalue weighted by molar-refractivity contribution is -0.143. The van der Waals surface area contributed by atoms with Crippen LogP contribution in [0.25, 0.3) is 0 Å². The van der Waals surface area contributed by atoms with Gasteiger partial charge in [0.05, 0.1) is 0 Å². The molecule has 0 aromatic carbocycles. The van der Waals surface area contributed by atoms with E-state index in [1.165, 1.54) is 4.90 Å². The summed E-state index contributed by atoms with van der Waals surface area (Å²) in [5, 5.41) is 9.31. The Balaban J connectivity index is 4.82. The summed E-state index contributed by atoms with van der Waals surface area (Å²) in [6.45, 7) is 7.86. The van der Waals surface area contributed by atoms with Crippen molar-refractivity contribution in [3.05, 3.63) is 0 Å². The number of urea groups is 1. The molecular weight excluding hydrogens is 244 g/mol. The van der Waals surface area contributed by atoms with Crippen molar-refractivity contribution in [3.63, 3.8) is 0 Å². The monoisotopic (exact) mass is 272 g/mol. The van der Waals surface area contributed by atoms with E-state index in [0.29, 0.717) is 6.42 Å². The van der Waals surface area contributed by atoms with E-state index in [2.05, 4.69) is 6.92 Å². The molecule has 2 amide bonds. The smallest absolute Gasteiger partial charge is 0.326 e. The van der Waals surface area contributed by atoms with Crippen LogP contribution in [-0.4, -0.2) is 34.1 Å². The van der Waals surface area contributed by atoms with Crippen LogP contribution in [0.2, 0.25) is 0 Å². The third-order valence-corrected chi connectivity index (χ3v) is 3.27. The molecule has 3 N–H and O–H groups in total. The molecule has 0 fully saturated rings. The predicted molar refractivity (Wildman–Crippen MR) is 75.9 cm³/mol. The second kappa shape index (κ2) is 8.77. The Morgan fingerprint density at radius 1 is 1.21 bits per heavy atom. The maximum absolute atomic E-state index is 11.6. The number of primary amides is 1. The first-order chi connectivity index (χ1) is 8.81. The fraction of sp³-hybridized carbons (Fsp3) is 0.857. The lowest BCUT2D eigenvalue weighted by atomic mass is 9.99. The topological polar surface area (TPSA) is 83.6 Å². The summed E-state index contributed by atoms with van der Waals surface area (Å²) in [4.78, 5) is 24.3. The van der Waals surface area contributed by atoms with E-state index in [9.17, 15) is 14.7 Å². The van der Waals surface area contributed by atoms with Crippen molar-refractivity contribution in [1.29, 1.82) is 0 Å². The van der Waals surface area contributed by atoms with Crippen LogP contribution in [-0.2, 0) is 4.79 Å². The Morgan fingerprint density at radius 2 is 1.79 bits per heavy atom.